The topological polar surface area (TPSA) is 65.2 Å². The molecule has 88 valence electrons. The fourth-order valence-electron chi connectivity index (χ4n) is 1.18. The van der Waals surface area contributed by atoms with Crippen LogP contribution >= 0.6 is 22.6 Å². The molecule has 0 atom stereocenters. The lowest BCUT2D eigenvalue weighted by atomic mass is 10.1. The first kappa shape index (κ1) is 13.2. The molecule has 0 aliphatic rings. The lowest BCUT2D eigenvalue weighted by Crippen LogP contribution is -2.13. The molecule has 7 heteroatoms. The number of halogens is 3. The number of alkyl halides is 2. The molecule has 0 aromatic carbocycles. The standard InChI is InChI=1S/C9H9F2IN2O2/c1-16-9(15)5-3-14-7(8(10)11)4(2-13)6(5)12/h3,8H,2,13H2,1H3. The van der Waals surface area contributed by atoms with Gasteiger partial charge in [-0.3, -0.25) is 4.98 Å². The molecular weight excluding hydrogens is 333 g/mol. The first-order valence-electron chi connectivity index (χ1n) is 4.26. The van der Waals surface area contributed by atoms with Crippen LogP contribution in [-0.4, -0.2) is 18.1 Å². The van der Waals surface area contributed by atoms with E-state index < -0.39 is 12.4 Å². The second kappa shape index (κ2) is 5.48. The number of nitrogens with two attached hydrogens (primary N) is 1. The van der Waals surface area contributed by atoms with Crippen molar-refractivity contribution in [1.29, 1.82) is 0 Å². The molecule has 0 amide bonds. The number of hydrogen-bond acceptors (Lipinski definition) is 4. The highest BCUT2D eigenvalue weighted by atomic mass is 127. The molecule has 0 unspecified atom stereocenters. The first-order valence-corrected chi connectivity index (χ1v) is 5.34. The van der Waals surface area contributed by atoms with Crippen LogP contribution in [-0.2, 0) is 11.3 Å². The molecule has 1 aromatic heterocycles. The third-order valence-corrected chi connectivity index (χ3v) is 3.19. The van der Waals surface area contributed by atoms with Crippen LogP contribution in [0.15, 0.2) is 6.20 Å². The second-order valence-electron chi connectivity index (χ2n) is 2.85. The molecule has 0 spiro atoms. The van der Waals surface area contributed by atoms with E-state index in [0.29, 0.717) is 3.57 Å². The Labute approximate surface area is 104 Å². The van der Waals surface area contributed by atoms with Crippen LogP contribution in [0.5, 0.6) is 0 Å². The van der Waals surface area contributed by atoms with Crippen molar-refractivity contribution in [2.75, 3.05) is 7.11 Å². The summed E-state index contributed by atoms with van der Waals surface area (Å²) in [6, 6.07) is 0. The van der Waals surface area contributed by atoms with Gasteiger partial charge in [-0.25, -0.2) is 13.6 Å². The fourth-order valence-corrected chi connectivity index (χ4v) is 2.03. The minimum Gasteiger partial charge on any atom is -0.465 e. The largest absolute Gasteiger partial charge is 0.465 e. The Hall–Kier alpha value is -0.830. The Balaban J connectivity index is 3.34. The number of aromatic nitrogens is 1. The van der Waals surface area contributed by atoms with Gasteiger partial charge in [-0.2, -0.15) is 0 Å². The van der Waals surface area contributed by atoms with E-state index in [-0.39, 0.29) is 23.4 Å². The number of methoxy groups -OCH3 is 1. The van der Waals surface area contributed by atoms with E-state index in [1.165, 1.54) is 7.11 Å². The van der Waals surface area contributed by atoms with Crippen molar-refractivity contribution >= 4 is 28.6 Å². The summed E-state index contributed by atoms with van der Waals surface area (Å²) < 4.78 is 30.0. The highest BCUT2D eigenvalue weighted by Gasteiger charge is 2.21. The van der Waals surface area contributed by atoms with E-state index in [0.717, 1.165) is 6.20 Å². The Morgan fingerprint density at radius 2 is 2.31 bits per heavy atom. The van der Waals surface area contributed by atoms with Gasteiger partial charge < -0.3 is 10.5 Å². The van der Waals surface area contributed by atoms with Crippen LogP contribution < -0.4 is 5.73 Å². The molecule has 1 aromatic rings. The van der Waals surface area contributed by atoms with Crippen molar-refractivity contribution in [3.8, 4) is 0 Å². The van der Waals surface area contributed by atoms with E-state index in [2.05, 4.69) is 9.72 Å². The number of ether oxygens (including phenoxy) is 1. The summed E-state index contributed by atoms with van der Waals surface area (Å²) in [4.78, 5) is 14.8. The SMILES string of the molecule is COC(=O)c1cnc(C(F)F)c(CN)c1I. The zero-order chi connectivity index (χ0) is 12.3. The summed E-state index contributed by atoms with van der Waals surface area (Å²) in [7, 11) is 1.21. The molecular formula is C9H9F2IN2O2. The highest BCUT2D eigenvalue weighted by Crippen LogP contribution is 2.26. The normalized spacial score (nSPS) is 10.6. The number of pyridine rings is 1. The summed E-state index contributed by atoms with van der Waals surface area (Å²) in [5.74, 6) is -0.618. The van der Waals surface area contributed by atoms with Gasteiger partial charge >= 0.3 is 5.97 Å². The quantitative estimate of drug-likeness (QED) is 0.673. The molecule has 0 saturated carbocycles. The minimum atomic E-state index is -2.71. The number of carbonyl (C=O) groups is 1. The van der Waals surface area contributed by atoms with E-state index >= 15 is 0 Å². The van der Waals surface area contributed by atoms with Crippen LogP contribution in [0.4, 0.5) is 8.78 Å². The molecule has 1 heterocycles. The van der Waals surface area contributed by atoms with Gasteiger partial charge in [0.1, 0.15) is 5.69 Å². The maximum Gasteiger partial charge on any atom is 0.340 e. The lowest BCUT2D eigenvalue weighted by molar-refractivity contribution is 0.0598. The monoisotopic (exact) mass is 342 g/mol. The van der Waals surface area contributed by atoms with Crippen molar-refractivity contribution in [3.05, 3.63) is 26.6 Å². The average Bonchev–Trinajstić information content (AvgIpc) is 2.27. The molecule has 2 N–H and O–H groups in total. The molecule has 4 nitrogen and oxygen atoms in total. The van der Waals surface area contributed by atoms with Crippen molar-refractivity contribution in [2.45, 2.75) is 13.0 Å². The molecule has 0 fully saturated rings. The average molecular weight is 342 g/mol. The number of nitrogens with zero attached hydrogens (tertiary/aromatic N) is 1. The molecule has 0 aliphatic heterocycles. The predicted molar refractivity (Wildman–Crippen MR) is 61.1 cm³/mol. The Morgan fingerprint density at radius 1 is 1.69 bits per heavy atom. The van der Waals surface area contributed by atoms with Gasteiger partial charge in [0, 0.05) is 21.9 Å². The van der Waals surface area contributed by atoms with E-state index in [9.17, 15) is 13.6 Å². The van der Waals surface area contributed by atoms with Crippen LogP contribution in [0.25, 0.3) is 0 Å². The van der Waals surface area contributed by atoms with Gasteiger partial charge in [-0.05, 0) is 22.6 Å². The summed E-state index contributed by atoms with van der Waals surface area (Å²) in [6.07, 6.45) is -1.63. The van der Waals surface area contributed by atoms with Gasteiger partial charge in [-0.15, -0.1) is 0 Å². The van der Waals surface area contributed by atoms with Gasteiger partial charge in [0.05, 0.1) is 12.7 Å². The molecule has 16 heavy (non-hydrogen) atoms. The summed E-state index contributed by atoms with van der Waals surface area (Å²) in [5, 5.41) is 0. The zero-order valence-electron chi connectivity index (χ0n) is 8.34. The lowest BCUT2D eigenvalue weighted by Gasteiger charge is -2.11. The van der Waals surface area contributed by atoms with Crippen molar-refractivity contribution in [2.24, 2.45) is 5.73 Å². The fraction of sp³-hybridized carbons (Fsp3) is 0.333. The molecule has 0 bridgehead atoms. The van der Waals surface area contributed by atoms with Gasteiger partial charge in [0.15, 0.2) is 0 Å². The molecule has 0 aliphatic carbocycles. The third kappa shape index (κ3) is 2.46. The second-order valence-corrected chi connectivity index (χ2v) is 3.92. The van der Waals surface area contributed by atoms with Gasteiger partial charge in [0.25, 0.3) is 6.43 Å². The van der Waals surface area contributed by atoms with Crippen LogP contribution in [0.3, 0.4) is 0 Å². The van der Waals surface area contributed by atoms with Crippen LogP contribution in [0.1, 0.15) is 28.0 Å². The van der Waals surface area contributed by atoms with Crippen molar-refractivity contribution in [3.63, 3.8) is 0 Å². The van der Waals surface area contributed by atoms with E-state index in [1.807, 2.05) is 0 Å². The molecule has 1 rings (SSSR count). The van der Waals surface area contributed by atoms with E-state index in [4.69, 9.17) is 5.73 Å². The zero-order valence-corrected chi connectivity index (χ0v) is 10.5. The third-order valence-electron chi connectivity index (χ3n) is 1.96. The van der Waals surface area contributed by atoms with Crippen LogP contribution in [0, 0.1) is 3.57 Å². The molecule has 0 radical (unpaired) electrons. The Morgan fingerprint density at radius 3 is 2.75 bits per heavy atom. The van der Waals surface area contributed by atoms with Crippen LogP contribution in [0.2, 0.25) is 0 Å². The summed E-state index contributed by atoms with van der Waals surface area (Å²) in [5.41, 5.74) is 5.31. The smallest absolute Gasteiger partial charge is 0.340 e. The Kier molecular flexibility index (Phi) is 4.54. The number of carbonyl (C=O) groups excluding carboxylic acids is 1. The molecule has 0 saturated heterocycles. The van der Waals surface area contributed by atoms with Crippen molar-refractivity contribution in [1.82, 2.24) is 4.98 Å². The maximum absolute atomic E-state index is 12.6. The predicted octanol–water partition coefficient (Wildman–Crippen LogP) is 1.87. The van der Waals surface area contributed by atoms with Crippen molar-refractivity contribution < 1.29 is 18.3 Å². The summed E-state index contributed by atoms with van der Waals surface area (Å²) >= 11 is 1.78. The number of esters is 1. The summed E-state index contributed by atoms with van der Waals surface area (Å²) in [6.45, 7) is -0.101. The van der Waals surface area contributed by atoms with E-state index in [1.54, 1.807) is 22.6 Å². The van der Waals surface area contributed by atoms with Gasteiger partial charge in [-0.1, -0.05) is 0 Å². The highest BCUT2D eigenvalue weighted by molar-refractivity contribution is 14.1. The maximum atomic E-state index is 12.6. The minimum absolute atomic E-state index is 0.101. The number of rotatable bonds is 3. The van der Waals surface area contributed by atoms with Gasteiger partial charge in [0.2, 0.25) is 0 Å². The number of hydrogen-bond donors (Lipinski definition) is 1. The Bertz CT molecular complexity index is 413. The first-order chi connectivity index (χ1) is 7.52.